The molecule has 1 heterocycles. The molecule has 0 radical (unpaired) electrons. The summed E-state index contributed by atoms with van der Waals surface area (Å²) in [4.78, 5) is 20.6. The van der Waals surface area contributed by atoms with E-state index in [0.29, 0.717) is 25.2 Å². The van der Waals surface area contributed by atoms with Crippen LogP contribution in [0.1, 0.15) is 47.6 Å². The first-order chi connectivity index (χ1) is 16.1. The summed E-state index contributed by atoms with van der Waals surface area (Å²) in [5, 5.41) is 0. The van der Waals surface area contributed by atoms with Crippen molar-refractivity contribution in [3.05, 3.63) is 100 Å². The van der Waals surface area contributed by atoms with Gasteiger partial charge < -0.3 is 15.2 Å². The number of carbonyl (C=O) groups excluding carboxylic acids is 1. The molecule has 0 aliphatic rings. The fourth-order valence-electron chi connectivity index (χ4n) is 4.26. The van der Waals surface area contributed by atoms with Gasteiger partial charge in [0.05, 0.1) is 17.1 Å². The highest BCUT2D eigenvalue weighted by atomic mass is 79.9. The SMILES string of the molecule is CC[C@H](c1nc2cc(Br)ccc2n1Cc1ccccc1)N(CCCN)C(=O)c1ccccc1. The van der Waals surface area contributed by atoms with Crippen molar-refractivity contribution in [2.24, 2.45) is 5.73 Å². The van der Waals surface area contributed by atoms with E-state index in [2.05, 4.69) is 57.8 Å². The third kappa shape index (κ3) is 5.18. The molecule has 4 rings (SSSR count). The van der Waals surface area contributed by atoms with Crippen molar-refractivity contribution in [3.8, 4) is 0 Å². The molecule has 1 aromatic heterocycles. The molecule has 1 amide bonds. The topological polar surface area (TPSA) is 64.2 Å². The zero-order valence-corrected chi connectivity index (χ0v) is 20.4. The number of carbonyl (C=O) groups is 1. The molecule has 1 atom stereocenters. The summed E-state index contributed by atoms with van der Waals surface area (Å²) in [5.41, 5.74) is 9.69. The number of aromatic nitrogens is 2. The van der Waals surface area contributed by atoms with Crippen LogP contribution < -0.4 is 5.73 Å². The largest absolute Gasteiger partial charge is 0.330 e. The maximum atomic E-state index is 13.6. The van der Waals surface area contributed by atoms with E-state index in [1.807, 2.05) is 53.4 Å². The predicted octanol–water partition coefficient (Wildman–Crippen LogP) is 5.79. The van der Waals surface area contributed by atoms with Crippen LogP contribution in [-0.4, -0.2) is 33.4 Å². The van der Waals surface area contributed by atoms with Gasteiger partial charge in [-0.25, -0.2) is 4.98 Å². The Bertz CT molecular complexity index is 1210. The number of rotatable bonds is 9. The standard InChI is InChI=1S/C27H29BrN4O/c1-2-24(31(17-9-16-29)27(33)21-12-7-4-8-13-21)26-30-23-18-22(28)14-15-25(23)32(26)19-20-10-5-3-6-11-20/h3-8,10-15,18,24H,2,9,16-17,19,29H2,1H3/t24-/m1/s1. The van der Waals surface area contributed by atoms with Gasteiger partial charge in [0.15, 0.2) is 0 Å². The van der Waals surface area contributed by atoms with E-state index in [-0.39, 0.29) is 11.9 Å². The molecule has 3 aromatic carbocycles. The number of amides is 1. The lowest BCUT2D eigenvalue weighted by atomic mass is 10.1. The van der Waals surface area contributed by atoms with E-state index < -0.39 is 0 Å². The molecule has 33 heavy (non-hydrogen) atoms. The first kappa shape index (κ1) is 23.2. The van der Waals surface area contributed by atoms with Crippen molar-refractivity contribution in [3.63, 3.8) is 0 Å². The minimum absolute atomic E-state index is 0.00963. The molecule has 5 nitrogen and oxygen atoms in total. The second-order valence-corrected chi connectivity index (χ2v) is 9.02. The normalized spacial score (nSPS) is 12.1. The summed E-state index contributed by atoms with van der Waals surface area (Å²) >= 11 is 3.58. The smallest absolute Gasteiger partial charge is 0.254 e. The van der Waals surface area contributed by atoms with Crippen LogP contribution in [0.4, 0.5) is 0 Å². The van der Waals surface area contributed by atoms with Gasteiger partial charge in [0.2, 0.25) is 0 Å². The van der Waals surface area contributed by atoms with Crippen molar-refractivity contribution < 1.29 is 4.79 Å². The molecule has 0 spiro atoms. The number of imidazole rings is 1. The van der Waals surface area contributed by atoms with Crippen LogP contribution >= 0.6 is 15.9 Å². The van der Waals surface area contributed by atoms with E-state index in [9.17, 15) is 4.79 Å². The minimum Gasteiger partial charge on any atom is -0.330 e. The second-order valence-electron chi connectivity index (χ2n) is 8.11. The second kappa shape index (κ2) is 10.8. The molecule has 2 N–H and O–H groups in total. The quantitative estimate of drug-likeness (QED) is 0.313. The number of halogens is 1. The highest BCUT2D eigenvalue weighted by Gasteiger charge is 2.29. The van der Waals surface area contributed by atoms with Gasteiger partial charge in [0.1, 0.15) is 5.82 Å². The molecule has 6 heteroatoms. The first-order valence-corrected chi connectivity index (χ1v) is 12.2. The lowest BCUT2D eigenvalue weighted by Crippen LogP contribution is -2.37. The molecule has 0 fully saturated rings. The van der Waals surface area contributed by atoms with E-state index >= 15 is 0 Å². The molecule has 0 aliphatic carbocycles. The Hall–Kier alpha value is -2.96. The van der Waals surface area contributed by atoms with Crippen LogP contribution in [0.5, 0.6) is 0 Å². The zero-order chi connectivity index (χ0) is 23.2. The van der Waals surface area contributed by atoms with Gasteiger partial charge in [-0.2, -0.15) is 0 Å². The summed E-state index contributed by atoms with van der Waals surface area (Å²) in [6.45, 7) is 3.92. The minimum atomic E-state index is -0.167. The van der Waals surface area contributed by atoms with Crippen molar-refractivity contribution in [2.75, 3.05) is 13.1 Å². The summed E-state index contributed by atoms with van der Waals surface area (Å²) in [5.74, 6) is 0.908. The summed E-state index contributed by atoms with van der Waals surface area (Å²) in [6, 6.07) is 25.8. The maximum absolute atomic E-state index is 13.6. The van der Waals surface area contributed by atoms with E-state index in [0.717, 1.165) is 34.2 Å². The summed E-state index contributed by atoms with van der Waals surface area (Å²) in [7, 11) is 0. The van der Waals surface area contributed by atoms with Gasteiger partial charge >= 0.3 is 0 Å². The zero-order valence-electron chi connectivity index (χ0n) is 18.8. The van der Waals surface area contributed by atoms with Gasteiger partial charge in [0.25, 0.3) is 5.91 Å². The average molecular weight is 505 g/mol. The lowest BCUT2D eigenvalue weighted by molar-refractivity contribution is 0.0657. The number of benzene rings is 3. The number of nitrogens with zero attached hydrogens (tertiary/aromatic N) is 3. The summed E-state index contributed by atoms with van der Waals surface area (Å²) < 4.78 is 3.23. The number of hydrogen-bond acceptors (Lipinski definition) is 3. The Morgan fingerprint density at radius 2 is 1.76 bits per heavy atom. The van der Waals surface area contributed by atoms with Crippen molar-refractivity contribution in [1.29, 1.82) is 0 Å². The monoisotopic (exact) mass is 504 g/mol. The Morgan fingerprint density at radius 1 is 1.06 bits per heavy atom. The van der Waals surface area contributed by atoms with Crippen LogP contribution in [0.2, 0.25) is 0 Å². The molecule has 170 valence electrons. The van der Waals surface area contributed by atoms with Crippen LogP contribution in [-0.2, 0) is 6.54 Å². The average Bonchev–Trinajstić information content (AvgIpc) is 3.19. The van der Waals surface area contributed by atoms with Gasteiger partial charge in [-0.1, -0.05) is 71.4 Å². The third-order valence-corrected chi connectivity index (χ3v) is 6.36. The first-order valence-electron chi connectivity index (χ1n) is 11.4. The number of nitrogens with two attached hydrogens (primary N) is 1. The van der Waals surface area contributed by atoms with Crippen LogP contribution in [0, 0.1) is 0 Å². The van der Waals surface area contributed by atoms with Crippen molar-refractivity contribution >= 4 is 32.9 Å². The molecule has 0 saturated carbocycles. The molecular formula is C27H29BrN4O. The maximum Gasteiger partial charge on any atom is 0.254 e. The Morgan fingerprint density at radius 3 is 2.42 bits per heavy atom. The van der Waals surface area contributed by atoms with Gasteiger partial charge in [-0.3, -0.25) is 4.79 Å². The van der Waals surface area contributed by atoms with Crippen LogP contribution in [0.15, 0.2) is 83.3 Å². The molecule has 0 bridgehead atoms. The molecule has 0 saturated heterocycles. The molecule has 0 unspecified atom stereocenters. The van der Waals surface area contributed by atoms with Gasteiger partial charge in [0, 0.05) is 23.1 Å². The predicted molar refractivity (Wildman–Crippen MR) is 137 cm³/mol. The molecule has 0 aliphatic heterocycles. The number of fused-ring (bicyclic) bond motifs is 1. The lowest BCUT2D eigenvalue weighted by Gasteiger charge is -2.31. The molecule has 4 aromatic rings. The van der Waals surface area contributed by atoms with Gasteiger partial charge in [-0.05, 0) is 55.3 Å². The number of hydrogen-bond donors (Lipinski definition) is 1. The van der Waals surface area contributed by atoms with Crippen LogP contribution in [0.25, 0.3) is 11.0 Å². The van der Waals surface area contributed by atoms with Gasteiger partial charge in [-0.15, -0.1) is 0 Å². The Balaban J connectivity index is 1.82. The summed E-state index contributed by atoms with van der Waals surface area (Å²) in [6.07, 6.45) is 1.49. The fourth-order valence-corrected chi connectivity index (χ4v) is 4.61. The van der Waals surface area contributed by atoms with Crippen molar-refractivity contribution in [1.82, 2.24) is 14.5 Å². The van der Waals surface area contributed by atoms with Crippen molar-refractivity contribution in [2.45, 2.75) is 32.4 Å². The highest BCUT2D eigenvalue weighted by molar-refractivity contribution is 9.10. The van der Waals surface area contributed by atoms with Crippen LogP contribution in [0.3, 0.4) is 0 Å². The molecular weight excluding hydrogens is 476 g/mol. The Kier molecular flexibility index (Phi) is 7.57. The van der Waals surface area contributed by atoms with E-state index in [1.165, 1.54) is 5.56 Å². The fraction of sp³-hybridized carbons (Fsp3) is 0.259. The Labute approximate surface area is 203 Å². The highest BCUT2D eigenvalue weighted by Crippen LogP contribution is 2.31. The van der Waals surface area contributed by atoms with E-state index in [1.54, 1.807) is 0 Å². The van der Waals surface area contributed by atoms with E-state index in [4.69, 9.17) is 10.7 Å². The third-order valence-electron chi connectivity index (χ3n) is 5.87.